The summed E-state index contributed by atoms with van der Waals surface area (Å²) in [5.74, 6) is 0.713. The molecule has 0 saturated carbocycles. The molecule has 0 saturated heterocycles. The summed E-state index contributed by atoms with van der Waals surface area (Å²) >= 11 is 0. The van der Waals surface area contributed by atoms with Crippen LogP contribution in [0.3, 0.4) is 0 Å². The third-order valence-electron chi connectivity index (χ3n) is 6.56. The van der Waals surface area contributed by atoms with Crippen molar-refractivity contribution < 1.29 is 28.5 Å². The van der Waals surface area contributed by atoms with Gasteiger partial charge >= 0.3 is 5.97 Å². The van der Waals surface area contributed by atoms with Crippen LogP contribution in [0.15, 0.2) is 65.0 Å². The molecule has 0 spiro atoms. The number of Topliss-reactive ketones (excluding diaryl/α,β-unsaturated/α-hetero) is 1. The van der Waals surface area contributed by atoms with Crippen LogP contribution in [0.25, 0.3) is 0 Å². The van der Waals surface area contributed by atoms with Gasteiger partial charge in [-0.15, -0.1) is 0 Å². The molecule has 2 aliphatic rings. The van der Waals surface area contributed by atoms with Crippen molar-refractivity contribution in [3.8, 4) is 17.2 Å². The van der Waals surface area contributed by atoms with Gasteiger partial charge in [0.1, 0.15) is 17.2 Å². The summed E-state index contributed by atoms with van der Waals surface area (Å²) in [6.07, 6.45) is 0.910. The molecule has 1 aliphatic carbocycles. The van der Waals surface area contributed by atoms with Gasteiger partial charge in [-0.25, -0.2) is 4.79 Å². The highest BCUT2D eigenvalue weighted by Crippen LogP contribution is 2.49. The minimum absolute atomic E-state index is 0.0339. The lowest BCUT2D eigenvalue weighted by atomic mass is 9.71. The molecule has 1 aliphatic heterocycles. The smallest absolute Gasteiger partial charge is 0.336 e. The Hall–Kier alpha value is -3.74. The van der Waals surface area contributed by atoms with Crippen molar-refractivity contribution in [3.63, 3.8) is 0 Å². The van der Waals surface area contributed by atoms with E-state index in [-0.39, 0.29) is 11.7 Å². The molecule has 0 radical (unpaired) electrons. The monoisotopic (exact) mass is 463 g/mol. The van der Waals surface area contributed by atoms with Gasteiger partial charge < -0.3 is 24.3 Å². The molecule has 34 heavy (non-hydrogen) atoms. The van der Waals surface area contributed by atoms with Gasteiger partial charge in [0.05, 0.1) is 39.9 Å². The fourth-order valence-electron chi connectivity index (χ4n) is 5.02. The Bertz CT molecular complexity index is 1200. The van der Waals surface area contributed by atoms with Crippen LogP contribution < -0.4 is 19.5 Å². The molecule has 0 fully saturated rings. The number of hydrogen-bond donors (Lipinski definition) is 1. The van der Waals surface area contributed by atoms with E-state index in [4.69, 9.17) is 18.9 Å². The minimum atomic E-state index is -0.639. The highest BCUT2D eigenvalue weighted by Gasteiger charge is 2.42. The third kappa shape index (κ3) is 4.02. The third-order valence-corrected chi connectivity index (χ3v) is 6.56. The summed E-state index contributed by atoms with van der Waals surface area (Å²) in [5, 5.41) is 3.34. The average Bonchev–Trinajstić information content (AvgIpc) is 2.86. The molecule has 7 nitrogen and oxygen atoms in total. The Morgan fingerprint density at radius 3 is 2.29 bits per heavy atom. The zero-order valence-corrected chi connectivity index (χ0v) is 20.1. The maximum absolute atomic E-state index is 13.7. The molecule has 0 amide bonds. The number of methoxy groups -OCH3 is 4. The van der Waals surface area contributed by atoms with Gasteiger partial charge in [-0.3, -0.25) is 4.79 Å². The zero-order chi connectivity index (χ0) is 24.4. The molecule has 2 atom stereocenters. The van der Waals surface area contributed by atoms with Crippen molar-refractivity contribution in [2.45, 2.75) is 31.6 Å². The van der Waals surface area contributed by atoms with Crippen molar-refractivity contribution >= 4 is 11.8 Å². The summed E-state index contributed by atoms with van der Waals surface area (Å²) in [7, 11) is 6.11. The number of hydrogen-bond acceptors (Lipinski definition) is 7. The average molecular weight is 464 g/mol. The van der Waals surface area contributed by atoms with Gasteiger partial charge in [-0.1, -0.05) is 18.2 Å². The summed E-state index contributed by atoms with van der Waals surface area (Å²) in [6, 6.07) is 13.1. The highest BCUT2D eigenvalue weighted by molar-refractivity contribution is 6.04. The van der Waals surface area contributed by atoms with Crippen molar-refractivity contribution in [2.75, 3.05) is 28.4 Å². The van der Waals surface area contributed by atoms with E-state index in [1.165, 1.54) is 7.11 Å². The van der Waals surface area contributed by atoms with E-state index < -0.39 is 11.9 Å². The SMILES string of the molecule is COC(=O)C1=C(C)NC2=C(C(=O)C[C@@H](c3ccccc3OC)C2)[C@H]1c1cc(OC)ccc1OC. The van der Waals surface area contributed by atoms with Crippen molar-refractivity contribution in [1.82, 2.24) is 5.32 Å². The molecule has 0 aromatic heterocycles. The molecule has 0 unspecified atom stereocenters. The summed E-state index contributed by atoms with van der Waals surface area (Å²) in [4.78, 5) is 26.7. The minimum Gasteiger partial charge on any atom is -0.497 e. The summed E-state index contributed by atoms with van der Waals surface area (Å²) in [6.45, 7) is 1.83. The number of allylic oxidation sites excluding steroid dienone is 3. The van der Waals surface area contributed by atoms with E-state index in [9.17, 15) is 9.59 Å². The second kappa shape index (κ2) is 9.63. The fraction of sp³-hybridized carbons (Fsp3) is 0.333. The quantitative estimate of drug-likeness (QED) is 0.642. The fourth-order valence-corrected chi connectivity index (χ4v) is 5.02. The van der Waals surface area contributed by atoms with Gasteiger partial charge in [-0.2, -0.15) is 0 Å². The largest absolute Gasteiger partial charge is 0.497 e. The summed E-state index contributed by atoms with van der Waals surface area (Å²) in [5.41, 5.74) is 4.06. The van der Waals surface area contributed by atoms with Crippen LogP contribution in [-0.2, 0) is 14.3 Å². The first kappa shape index (κ1) is 23.4. The van der Waals surface area contributed by atoms with Crippen LogP contribution in [0.1, 0.15) is 42.7 Å². The number of rotatable bonds is 6. The van der Waals surface area contributed by atoms with Crippen LogP contribution in [0, 0.1) is 0 Å². The molecule has 1 N–H and O–H groups in total. The predicted molar refractivity (Wildman–Crippen MR) is 127 cm³/mol. The Balaban J connectivity index is 1.88. The van der Waals surface area contributed by atoms with E-state index in [1.807, 2.05) is 37.3 Å². The second-order valence-corrected chi connectivity index (χ2v) is 8.36. The van der Waals surface area contributed by atoms with E-state index in [2.05, 4.69) is 5.32 Å². The van der Waals surface area contributed by atoms with Gasteiger partial charge in [0.15, 0.2) is 5.78 Å². The normalized spacial score (nSPS) is 19.9. The van der Waals surface area contributed by atoms with Crippen LogP contribution in [0.5, 0.6) is 17.2 Å². The Labute approximate surface area is 199 Å². The van der Waals surface area contributed by atoms with Crippen LogP contribution in [0.4, 0.5) is 0 Å². The summed E-state index contributed by atoms with van der Waals surface area (Å²) < 4.78 is 21.7. The van der Waals surface area contributed by atoms with Crippen molar-refractivity contribution in [1.29, 1.82) is 0 Å². The van der Waals surface area contributed by atoms with Gasteiger partial charge in [0, 0.05) is 34.9 Å². The number of nitrogens with one attached hydrogen (secondary N) is 1. The Morgan fingerprint density at radius 1 is 0.912 bits per heavy atom. The van der Waals surface area contributed by atoms with Crippen LogP contribution in [-0.4, -0.2) is 40.2 Å². The molecular formula is C27H29NO6. The number of benzene rings is 2. The topological polar surface area (TPSA) is 83.1 Å². The first-order valence-electron chi connectivity index (χ1n) is 11.1. The molecule has 4 rings (SSSR count). The number of esters is 1. The predicted octanol–water partition coefficient (Wildman–Crippen LogP) is 4.25. The van der Waals surface area contributed by atoms with Gasteiger partial charge in [0.2, 0.25) is 0 Å². The van der Waals surface area contributed by atoms with E-state index in [1.54, 1.807) is 33.5 Å². The van der Waals surface area contributed by atoms with E-state index in [0.717, 1.165) is 17.0 Å². The lowest BCUT2D eigenvalue weighted by Crippen LogP contribution is -2.36. The van der Waals surface area contributed by atoms with Crippen LogP contribution in [0.2, 0.25) is 0 Å². The van der Waals surface area contributed by atoms with Gasteiger partial charge in [0.25, 0.3) is 0 Å². The number of ketones is 1. The van der Waals surface area contributed by atoms with E-state index in [0.29, 0.717) is 46.7 Å². The van der Waals surface area contributed by atoms with Crippen LogP contribution >= 0.6 is 0 Å². The number of ether oxygens (including phenoxy) is 4. The molecule has 7 heteroatoms. The first-order chi connectivity index (χ1) is 16.4. The van der Waals surface area contributed by atoms with Gasteiger partial charge in [-0.05, 0) is 43.2 Å². The molecule has 0 bridgehead atoms. The second-order valence-electron chi connectivity index (χ2n) is 8.36. The number of dihydropyridines is 1. The Morgan fingerprint density at radius 2 is 1.62 bits per heavy atom. The number of carbonyl (C=O) groups excluding carboxylic acids is 2. The number of carbonyl (C=O) groups is 2. The van der Waals surface area contributed by atoms with Crippen molar-refractivity contribution in [3.05, 3.63) is 76.1 Å². The van der Waals surface area contributed by atoms with Crippen molar-refractivity contribution in [2.24, 2.45) is 0 Å². The molecule has 2 aromatic carbocycles. The lowest BCUT2D eigenvalue weighted by molar-refractivity contribution is -0.136. The lowest BCUT2D eigenvalue weighted by Gasteiger charge is -2.37. The zero-order valence-electron chi connectivity index (χ0n) is 20.1. The van der Waals surface area contributed by atoms with E-state index >= 15 is 0 Å². The molecular weight excluding hydrogens is 434 g/mol. The molecule has 1 heterocycles. The first-order valence-corrected chi connectivity index (χ1v) is 11.1. The molecule has 2 aromatic rings. The standard InChI is InChI=1S/C27H29NO6/c1-15-24(27(30)34-5)25(19-14-17(31-2)10-11-23(19)33-4)26-20(28-15)12-16(13-21(26)29)18-8-6-7-9-22(18)32-3/h6-11,14,16,25,28H,12-13H2,1-5H3/t16-,25-/m0/s1. The highest BCUT2D eigenvalue weighted by atomic mass is 16.5. The Kier molecular flexibility index (Phi) is 6.63. The molecule has 178 valence electrons. The maximum atomic E-state index is 13.7. The number of para-hydroxylation sites is 1. The maximum Gasteiger partial charge on any atom is 0.336 e.